The van der Waals surface area contributed by atoms with Gasteiger partial charge in [-0.25, -0.2) is 0 Å². The molecule has 3 heterocycles. The monoisotopic (exact) mass is 502 g/mol. The Kier molecular flexibility index (Phi) is 8.96. The summed E-state index contributed by atoms with van der Waals surface area (Å²) in [6.45, 7) is 6.55. The van der Waals surface area contributed by atoms with Crippen LogP contribution in [0.1, 0.15) is 63.9 Å². The van der Waals surface area contributed by atoms with E-state index in [1.165, 1.54) is 12.5 Å². The number of rotatable bonds is 13. The molecule has 0 aromatic heterocycles. The van der Waals surface area contributed by atoms with E-state index >= 15 is 0 Å². The number of unbranched alkanes of at least 4 members (excludes halogenated alkanes) is 2. The molecule has 1 N–H and O–H groups in total. The van der Waals surface area contributed by atoms with Gasteiger partial charge in [-0.1, -0.05) is 32.8 Å². The molecule has 0 unspecified atom stereocenters. The van der Waals surface area contributed by atoms with Gasteiger partial charge in [0.05, 0.1) is 12.5 Å². The molecule has 1 aromatic rings. The first-order valence-corrected chi connectivity index (χ1v) is 13.1. The minimum atomic E-state index is -0.863. The quantitative estimate of drug-likeness (QED) is 0.433. The number of amides is 1. The number of carboxylic acid groups (broad SMARTS) is 1. The zero-order chi connectivity index (χ0) is 25.5. The summed E-state index contributed by atoms with van der Waals surface area (Å²) in [5.74, 6) is -0.458. The van der Waals surface area contributed by atoms with Crippen molar-refractivity contribution in [3.63, 3.8) is 0 Å². The number of benzene rings is 1. The molecule has 0 radical (unpaired) electrons. The lowest BCUT2D eigenvalue weighted by Crippen LogP contribution is -2.45. The molecule has 0 aliphatic carbocycles. The Balaban J connectivity index is 1.55. The number of carbonyl (C=O) groups is 2. The Morgan fingerprint density at radius 2 is 1.72 bits per heavy atom. The molecule has 3 atom stereocenters. The van der Waals surface area contributed by atoms with Crippen LogP contribution in [0.4, 0.5) is 0 Å². The van der Waals surface area contributed by atoms with Crippen molar-refractivity contribution < 1.29 is 33.6 Å². The summed E-state index contributed by atoms with van der Waals surface area (Å²) < 4.78 is 21.9. The maximum Gasteiger partial charge on any atom is 0.308 e. The third-order valence-corrected chi connectivity index (χ3v) is 7.33. The van der Waals surface area contributed by atoms with E-state index in [9.17, 15) is 14.7 Å². The fourth-order valence-corrected chi connectivity index (χ4v) is 5.38. The molecule has 4 rings (SSSR count). The normalized spacial score (nSPS) is 23.0. The summed E-state index contributed by atoms with van der Waals surface area (Å²) in [7, 11) is 0. The molecule has 1 saturated heterocycles. The third kappa shape index (κ3) is 6.06. The minimum absolute atomic E-state index is 0.0624. The highest BCUT2D eigenvalue weighted by Crippen LogP contribution is 2.43. The first-order valence-electron chi connectivity index (χ1n) is 13.1. The number of carboxylic acids is 1. The predicted molar refractivity (Wildman–Crippen MR) is 133 cm³/mol. The Morgan fingerprint density at radius 3 is 2.39 bits per heavy atom. The van der Waals surface area contributed by atoms with Gasteiger partial charge in [0.25, 0.3) is 0 Å². The van der Waals surface area contributed by atoms with Gasteiger partial charge in [0.2, 0.25) is 19.0 Å². The molecule has 0 spiro atoms. The van der Waals surface area contributed by atoms with Crippen LogP contribution in [0.25, 0.3) is 0 Å². The minimum Gasteiger partial charge on any atom is -0.481 e. The summed E-state index contributed by atoms with van der Waals surface area (Å²) in [5, 5.41) is 10.3. The van der Waals surface area contributed by atoms with Crippen LogP contribution in [0.5, 0.6) is 11.5 Å². The molecule has 198 valence electrons. The van der Waals surface area contributed by atoms with Gasteiger partial charge in [-0.05, 0) is 37.0 Å². The van der Waals surface area contributed by atoms with Crippen molar-refractivity contribution in [2.24, 2.45) is 5.92 Å². The Labute approximate surface area is 212 Å². The van der Waals surface area contributed by atoms with E-state index in [1.807, 2.05) is 23.1 Å². The predicted octanol–water partition coefficient (Wildman–Crippen LogP) is 3.94. The number of aliphatic carboxylic acids is 1. The summed E-state index contributed by atoms with van der Waals surface area (Å²) >= 11 is 0. The number of nitrogens with zero attached hydrogens (tertiary/aromatic N) is 2. The second-order valence-electron chi connectivity index (χ2n) is 9.72. The van der Waals surface area contributed by atoms with E-state index in [4.69, 9.17) is 18.9 Å². The zero-order valence-electron chi connectivity index (χ0n) is 21.3. The molecule has 1 amide bonds. The van der Waals surface area contributed by atoms with Crippen LogP contribution < -0.4 is 9.47 Å². The van der Waals surface area contributed by atoms with E-state index in [0.717, 1.165) is 44.3 Å². The third-order valence-electron chi connectivity index (χ3n) is 7.33. The molecular formula is C27H38N2O7. The van der Waals surface area contributed by atoms with E-state index < -0.39 is 18.2 Å². The van der Waals surface area contributed by atoms with Gasteiger partial charge < -0.3 is 29.0 Å². The average Bonchev–Trinajstić information content (AvgIpc) is 3.62. The fourth-order valence-electron chi connectivity index (χ4n) is 5.38. The topological polar surface area (TPSA) is 97.8 Å². The molecule has 1 aromatic carbocycles. The first kappa shape index (κ1) is 26.1. The number of hydrogen-bond donors (Lipinski definition) is 1. The van der Waals surface area contributed by atoms with Crippen molar-refractivity contribution in [2.45, 2.75) is 70.6 Å². The number of ether oxygens (including phenoxy) is 4. The van der Waals surface area contributed by atoms with Gasteiger partial charge >= 0.3 is 5.97 Å². The molecule has 36 heavy (non-hydrogen) atoms. The van der Waals surface area contributed by atoms with Gasteiger partial charge in [0, 0.05) is 38.0 Å². The van der Waals surface area contributed by atoms with Gasteiger partial charge in [-0.2, -0.15) is 0 Å². The number of hydrogen-bond acceptors (Lipinski definition) is 7. The van der Waals surface area contributed by atoms with E-state index in [-0.39, 0.29) is 31.2 Å². The second-order valence-corrected chi connectivity index (χ2v) is 9.72. The van der Waals surface area contributed by atoms with Crippen LogP contribution >= 0.6 is 0 Å². The highest BCUT2D eigenvalue weighted by molar-refractivity contribution is 5.79. The Morgan fingerprint density at radius 1 is 1.03 bits per heavy atom. The van der Waals surface area contributed by atoms with Crippen molar-refractivity contribution >= 4 is 11.9 Å². The largest absolute Gasteiger partial charge is 0.481 e. The van der Waals surface area contributed by atoms with Crippen molar-refractivity contribution in [3.8, 4) is 11.5 Å². The molecule has 1 fully saturated rings. The molecule has 9 heteroatoms. The molecule has 3 aliphatic heterocycles. The highest BCUT2D eigenvalue weighted by atomic mass is 16.7. The first-order chi connectivity index (χ1) is 17.5. The van der Waals surface area contributed by atoms with Crippen LogP contribution in [-0.2, 0) is 19.1 Å². The van der Waals surface area contributed by atoms with Crippen molar-refractivity contribution in [2.75, 3.05) is 33.0 Å². The highest BCUT2D eigenvalue weighted by Gasteiger charge is 2.47. The van der Waals surface area contributed by atoms with Gasteiger partial charge in [0.1, 0.15) is 12.5 Å². The summed E-state index contributed by atoms with van der Waals surface area (Å²) in [5.41, 5.74) is 0.885. The lowest BCUT2D eigenvalue weighted by molar-refractivity contribution is -0.144. The molecule has 9 nitrogen and oxygen atoms in total. The molecule has 0 saturated carbocycles. The number of likely N-dealkylation sites (tertiary alicyclic amines) is 1. The van der Waals surface area contributed by atoms with Crippen LogP contribution in [0.15, 0.2) is 30.7 Å². The van der Waals surface area contributed by atoms with E-state index in [1.54, 1.807) is 0 Å². The van der Waals surface area contributed by atoms with E-state index in [0.29, 0.717) is 30.9 Å². The smallest absolute Gasteiger partial charge is 0.308 e. The summed E-state index contributed by atoms with van der Waals surface area (Å²) in [6, 6.07) is 5.31. The SMILES string of the molecule is CCCCN(CCCC)C(=O)CN1C[C@H](c2ccc3c(c2)OCO3)[C@H](C(=O)O)[C@H]1CCC1OC=CO1. The fraction of sp³-hybridized carbons (Fsp3) is 0.630. The van der Waals surface area contributed by atoms with E-state index in [2.05, 4.69) is 18.7 Å². The van der Waals surface area contributed by atoms with Crippen LogP contribution in [0.2, 0.25) is 0 Å². The number of carbonyl (C=O) groups excluding carboxylic acids is 1. The van der Waals surface area contributed by atoms with Gasteiger partial charge in [-0.3, -0.25) is 14.5 Å². The van der Waals surface area contributed by atoms with Gasteiger partial charge in [-0.15, -0.1) is 0 Å². The zero-order valence-corrected chi connectivity index (χ0v) is 21.3. The molecule has 0 bridgehead atoms. The van der Waals surface area contributed by atoms with Crippen molar-refractivity contribution in [3.05, 3.63) is 36.3 Å². The summed E-state index contributed by atoms with van der Waals surface area (Å²) in [4.78, 5) is 30.1. The number of fused-ring (bicyclic) bond motifs is 1. The Hall–Kier alpha value is -2.94. The van der Waals surface area contributed by atoms with Crippen molar-refractivity contribution in [1.82, 2.24) is 9.80 Å². The lowest BCUT2D eigenvalue weighted by atomic mass is 9.83. The Bertz CT molecular complexity index is 921. The van der Waals surface area contributed by atoms with Crippen molar-refractivity contribution in [1.29, 1.82) is 0 Å². The second kappa shape index (κ2) is 12.3. The van der Waals surface area contributed by atoms with Crippen LogP contribution in [0.3, 0.4) is 0 Å². The molecule has 3 aliphatic rings. The maximum absolute atomic E-state index is 13.4. The molecular weight excluding hydrogens is 464 g/mol. The average molecular weight is 503 g/mol. The lowest BCUT2D eigenvalue weighted by Gasteiger charge is -2.30. The summed E-state index contributed by atoms with van der Waals surface area (Å²) in [6.07, 6.45) is 7.62. The van der Waals surface area contributed by atoms with Gasteiger partial charge in [0.15, 0.2) is 11.5 Å². The maximum atomic E-state index is 13.4. The van der Waals surface area contributed by atoms with Crippen LogP contribution in [0, 0.1) is 5.92 Å². The standard InChI is InChI=1S/C27H38N2O7/c1-3-5-11-28(12-6-4-2)24(30)17-29-16-20(19-7-9-22-23(15-19)36-18-35-22)26(27(31)32)21(29)8-10-25-33-13-14-34-25/h7,9,13-15,20-21,25-26H,3-6,8,10-12,16-18H2,1-2H3,(H,31,32)/t20-,21-,26+/m1/s1. The van der Waals surface area contributed by atoms with Crippen LogP contribution in [-0.4, -0.2) is 72.1 Å².